The lowest BCUT2D eigenvalue weighted by Crippen LogP contribution is -2.26. The highest BCUT2D eigenvalue weighted by molar-refractivity contribution is 5.97. The lowest BCUT2D eigenvalue weighted by Gasteiger charge is -2.26. The SMILES string of the molecule is CCOCC1C(=O)C(Cc2ccc(OC3=CCC(=O)C(C)C3C)cc2)c2ccccc21. The van der Waals surface area contributed by atoms with Gasteiger partial charge < -0.3 is 9.47 Å². The van der Waals surface area contributed by atoms with Gasteiger partial charge in [-0.1, -0.05) is 50.2 Å². The van der Waals surface area contributed by atoms with Crippen molar-refractivity contribution in [3.63, 3.8) is 0 Å². The molecule has 4 rings (SSSR count). The van der Waals surface area contributed by atoms with Gasteiger partial charge in [0.1, 0.15) is 23.1 Å². The first-order valence-electron chi connectivity index (χ1n) is 11.2. The van der Waals surface area contributed by atoms with Crippen LogP contribution in [0.3, 0.4) is 0 Å². The minimum Gasteiger partial charge on any atom is -0.462 e. The molecular weight excluding hydrogens is 388 g/mol. The van der Waals surface area contributed by atoms with Crippen molar-refractivity contribution in [3.05, 3.63) is 77.1 Å². The van der Waals surface area contributed by atoms with Gasteiger partial charge in [-0.05, 0) is 48.2 Å². The van der Waals surface area contributed by atoms with Gasteiger partial charge in [0.2, 0.25) is 0 Å². The van der Waals surface area contributed by atoms with Gasteiger partial charge in [-0.25, -0.2) is 0 Å². The Balaban J connectivity index is 1.47. The zero-order valence-corrected chi connectivity index (χ0v) is 18.5. The van der Waals surface area contributed by atoms with Crippen LogP contribution in [0.15, 0.2) is 60.4 Å². The minimum absolute atomic E-state index is 0.0163. The Morgan fingerprint density at radius 2 is 1.58 bits per heavy atom. The molecule has 4 unspecified atom stereocenters. The van der Waals surface area contributed by atoms with E-state index in [1.807, 2.05) is 63.2 Å². The number of hydrogen-bond acceptors (Lipinski definition) is 4. The number of rotatable bonds is 7. The Kier molecular flexibility index (Phi) is 6.38. The smallest absolute Gasteiger partial charge is 0.150 e. The lowest BCUT2D eigenvalue weighted by molar-refractivity contribution is -0.123. The van der Waals surface area contributed by atoms with Crippen LogP contribution < -0.4 is 4.74 Å². The highest BCUT2D eigenvalue weighted by atomic mass is 16.5. The first kappa shape index (κ1) is 21.5. The second kappa shape index (κ2) is 9.19. The fraction of sp³-hybridized carbons (Fsp3) is 0.407. The third-order valence-electron chi connectivity index (χ3n) is 6.73. The molecule has 0 aromatic heterocycles. The Hall–Kier alpha value is -2.72. The largest absolute Gasteiger partial charge is 0.462 e. The second-order valence-corrected chi connectivity index (χ2v) is 8.60. The summed E-state index contributed by atoms with van der Waals surface area (Å²) in [7, 11) is 0. The molecule has 0 aliphatic heterocycles. The number of hydrogen-bond donors (Lipinski definition) is 0. The summed E-state index contributed by atoms with van der Waals surface area (Å²) in [5.74, 6) is 1.88. The molecule has 2 aliphatic rings. The quantitative estimate of drug-likeness (QED) is 0.618. The van der Waals surface area contributed by atoms with Gasteiger partial charge in [0.15, 0.2) is 0 Å². The van der Waals surface area contributed by atoms with Crippen LogP contribution >= 0.6 is 0 Å². The predicted octanol–water partition coefficient (Wildman–Crippen LogP) is 5.22. The van der Waals surface area contributed by atoms with Gasteiger partial charge in [-0.2, -0.15) is 0 Å². The third-order valence-corrected chi connectivity index (χ3v) is 6.73. The van der Waals surface area contributed by atoms with Crippen molar-refractivity contribution in [3.8, 4) is 5.75 Å². The molecule has 0 spiro atoms. The number of Topliss-reactive ketones (excluding diaryl/α,β-unsaturated/α-hetero) is 2. The molecule has 31 heavy (non-hydrogen) atoms. The van der Waals surface area contributed by atoms with Crippen molar-refractivity contribution < 1.29 is 19.1 Å². The van der Waals surface area contributed by atoms with E-state index in [2.05, 4.69) is 12.1 Å². The van der Waals surface area contributed by atoms with Crippen molar-refractivity contribution in [1.29, 1.82) is 0 Å². The summed E-state index contributed by atoms with van der Waals surface area (Å²) in [4.78, 5) is 25.0. The Morgan fingerprint density at radius 1 is 0.903 bits per heavy atom. The van der Waals surface area contributed by atoms with E-state index < -0.39 is 0 Å². The minimum atomic E-state index is -0.173. The molecule has 162 valence electrons. The Bertz CT molecular complexity index is 989. The highest BCUT2D eigenvalue weighted by Crippen LogP contribution is 2.41. The van der Waals surface area contributed by atoms with Crippen molar-refractivity contribution in [2.45, 2.75) is 45.4 Å². The zero-order chi connectivity index (χ0) is 22.0. The average Bonchev–Trinajstić information content (AvgIpc) is 3.05. The van der Waals surface area contributed by atoms with E-state index in [0.717, 1.165) is 28.2 Å². The van der Waals surface area contributed by atoms with Crippen LogP contribution in [-0.2, 0) is 20.7 Å². The summed E-state index contributed by atoms with van der Waals surface area (Å²) in [6.07, 6.45) is 3.00. The molecule has 4 heteroatoms. The molecule has 0 saturated carbocycles. The molecule has 0 amide bonds. The molecule has 0 bridgehead atoms. The first-order valence-corrected chi connectivity index (χ1v) is 11.2. The van der Waals surface area contributed by atoms with Crippen LogP contribution in [0.5, 0.6) is 5.75 Å². The van der Waals surface area contributed by atoms with Gasteiger partial charge in [0.05, 0.1) is 12.5 Å². The maximum atomic E-state index is 13.2. The summed E-state index contributed by atoms with van der Waals surface area (Å²) in [6.45, 7) is 7.00. The average molecular weight is 419 g/mol. The van der Waals surface area contributed by atoms with Crippen LogP contribution in [0.4, 0.5) is 0 Å². The van der Waals surface area contributed by atoms with E-state index in [1.54, 1.807) is 0 Å². The topological polar surface area (TPSA) is 52.6 Å². The first-order chi connectivity index (χ1) is 15.0. The lowest BCUT2D eigenvalue weighted by atomic mass is 9.84. The number of carbonyl (C=O) groups is 2. The number of benzene rings is 2. The number of ketones is 2. The van der Waals surface area contributed by atoms with Crippen molar-refractivity contribution >= 4 is 11.6 Å². The van der Waals surface area contributed by atoms with Gasteiger partial charge in [-0.3, -0.25) is 9.59 Å². The molecule has 2 aromatic carbocycles. The van der Waals surface area contributed by atoms with Crippen LogP contribution in [0.2, 0.25) is 0 Å². The number of carbonyl (C=O) groups excluding carboxylic acids is 2. The van der Waals surface area contributed by atoms with Gasteiger partial charge in [0.25, 0.3) is 0 Å². The van der Waals surface area contributed by atoms with Crippen LogP contribution in [0, 0.1) is 11.8 Å². The monoisotopic (exact) mass is 418 g/mol. The normalized spacial score (nSPS) is 25.3. The number of fused-ring (bicyclic) bond motifs is 1. The molecule has 0 heterocycles. The Labute approximate surface area is 184 Å². The maximum absolute atomic E-state index is 13.2. The number of allylic oxidation sites excluding steroid dienone is 2. The number of ether oxygens (including phenoxy) is 2. The van der Waals surface area contributed by atoms with Gasteiger partial charge in [-0.15, -0.1) is 0 Å². The second-order valence-electron chi connectivity index (χ2n) is 8.60. The fourth-order valence-electron chi connectivity index (χ4n) is 4.61. The molecule has 4 nitrogen and oxygen atoms in total. The summed E-state index contributed by atoms with van der Waals surface area (Å²) < 4.78 is 11.7. The third kappa shape index (κ3) is 4.35. The molecule has 2 aromatic rings. The molecule has 0 radical (unpaired) electrons. The van der Waals surface area contributed by atoms with Crippen LogP contribution in [-0.4, -0.2) is 24.8 Å². The van der Waals surface area contributed by atoms with Gasteiger partial charge >= 0.3 is 0 Å². The predicted molar refractivity (Wildman–Crippen MR) is 120 cm³/mol. The van der Waals surface area contributed by atoms with Crippen molar-refractivity contribution in [1.82, 2.24) is 0 Å². The highest BCUT2D eigenvalue weighted by Gasteiger charge is 2.39. The zero-order valence-electron chi connectivity index (χ0n) is 18.5. The summed E-state index contributed by atoms with van der Waals surface area (Å²) in [6, 6.07) is 16.1. The molecule has 2 aliphatic carbocycles. The van der Waals surface area contributed by atoms with E-state index >= 15 is 0 Å². The standard InChI is InChI=1S/C27H30O4/c1-4-30-16-24-22-8-6-5-7-21(22)23(27(24)29)15-19-9-11-20(12-10-19)31-26-14-13-25(28)17(2)18(26)3/h5-12,14,17-18,23-24H,4,13,15-16H2,1-3H3. The molecule has 0 saturated heterocycles. The summed E-state index contributed by atoms with van der Waals surface area (Å²) >= 11 is 0. The van der Waals surface area contributed by atoms with Crippen LogP contribution in [0.25, 0.3) is 0 Å². The molecule has 4 atom stereocenters. The molecular formula is C27H30O4. The molecule has 0 fully saturated rings. The van der Waals surface area contributed by atoms with Gasteiger partial charge in [0, 0.05) is 30.8 Å². The van der Waals surface area contributed by atoms with E-state index in [-0.39, 0.29) is 35.2 Å². The Morgan fingerprint density at radius 3 is 2.26 bits per heavy atom. The fourth-order valence-corrected chi connectivity index (χ4v) is 4.61. The summed E-state index contributed by atoms with van der Waals surface area (Å²) in [5, 5.41) is 0. The van der Waals surface area contributed by atoms with E-state index in [1.165, 1.54) is 0 Å². The van der Waals surface area contributed by atoms with Crippen LogP contribution in [0.1, 0.15) is 55.7 Å². The van der Waals surface area contributed by atoms with E-state index in [0.29, 0.717) is 26.1 Å². The maximum Gasteiger partial charge on any atom is 0.150 e. The molecule has 0 N–H and O–H groups in total. The van der Waals surface area contributed by atoms with Crippen molar-refractivity contribution in [2.24, 2.45) is 11.8 Å². The van der Waals surface area contributed by atoms with E-state index in [9.17, 15) is 9.59 Å². The van der Waals surface area contributed by atoms with Crippen molar-refractivity contribution in [2.75, 3.05) is 13.2 Å². The van der Waals surface area contributed by atoms with E-state index in [4.69, 9.17) is 9.47 Å². The summed E-state index contributed by atoms with van der Waals surface area (Å²) in [5.41, 5.74) is 3.33.